The molecule has 0 saturated carbocycles. The van der Waals surface area contributed by atoms with Gasteiger partial charge in [-0.15, -0.1) is 0 Å². The van der Waals surface area contributed by atoms with Gasteiger partial charge < -0.3 is 5.11 Å². The molecule has 16 heavy (non-hydrogen) atoms. The van der Waals surface area contributed by atoms with Crippen molar-refractivity contribution in [3.05, 3.63) is 12.4 Å². The van der Waals surface area contributed by atoms with Crippen LogP contribution >= 0.6 is 0 Å². The number of sulfone groups is 1. The molecule has 0 aliphatic rings. The highest BCUT2D eigenvalue weighted by molar-refractivity contribution is 7.90. The molecule has 1 aromatic heterocycles. The molecule has 0 bridgehead atoms. The Morgan fingerprint density at radius 1 is 1.50 bits per heavy atom. The van der Waals surface area contributed by atoms with E-state index in [-0.39, 0.29) is 4.90 Å². The van der Waals surface area contributed by atoms with Gasteiger partial charge in [-0.2, -0.15) is 5.10 Å². The summed E-state index contributed by atoms with van der Waals surface area (Å²) in [6.45, 7) is 3.23. The van der Waals surface area contributed by atoms with Gasteiger partial charge in [0.25, 0.3) is 0 Å². The quantitative estimate of drug-likeness (QED) is 0.838. The monoisotopic (exact) mass is 246 g/mol. The van der Waals surface area contributed by atoms with Crippen molar-refractivity contribution in [2.75, 3.05) is 6.26 Å². The summed E-state index contributed by atoms with van der Waals surface area (Å²) in [4.78, 5) is 10.9. The van der Waals surface area contributed by atoms with Gasteiger partial charge in [0.15, 0.2) is 9.84 Å². The molecule has 0 aromatic carbocycles. The number of rotatable bonds is 4. The molecule has 0 amide bonds. The predicted octanol–water partition coefficient (Wildman–Crippen LogP) is 0.568. The molecular formula is C9H14N2O4S. The summed E-state index contributed by atoms with van der Waals surface area (Å²) in [5, 5.41) is 12.7. The second-order valence-electron chi connectivity index (χ2n) is 3.80. The highest BCUT2D eigenvalue weighted by atomic mass is 32.2. The third-order valence-electron chi connectivity index (χ3n) is 2.54. The van der Waals surface area contributed by atoms with Crippen LogP contribution in [-0.2, 0) is 14.6 Å². The third-order valence-corrected chi connectivity index (χ3v) is 3.60. The lowest BCUT2D eigenvalue weighted by molar-refractivity contribution is -0.142. The van der Waals surface area contributed by atoms with Crippen molar-refractivity contribution in [3.8, 4) is 0 Å². The summed E-state index contributed by atoms with van der Waals surface area (Å²) < 4.78 is 23.8. The molecule has 0 spiro atoms. The van der Waals surface area contributed by atoms with E-state index >= 15 is 0 Å². The first-order valence-electron chi connectivity index (χ1n) is 4.70. The number of carbonyl (C=O) groups is 1. The fraction of sp³-hybridized carbons (Fsp3) is 0.556. The summed E-state index contributed by atoms with van der Waals surface area (Å²) in [5.41, 5.74) is 0. The van der Waals surface area contributed by atoms with Gasteiger partial charge >= 0.3 is 5.97 Å². The first kappa shape index (κ1) is 12.7. The van der Waals surface area contributed by atoms with Crippen LogP contribution in [0.2, 0.25) is 0 Å². The first-order valence-corrected chi connectivity index (χ1v) is 6.59. The Kier molecular flexibility index (Phi) is 3.37. The standard InChI is InChI=1S/C9H14N2O4S/c1-6(9(12)13)7(2)11-5-8(4-10-11)16(3,14)15/h4-7H,1-3H3,(H,12,13). The number of aliphatic carboxylic acids is 1. The van der Waals surface area contributed by atoms with Crippen molar-refractivity contribution in [1.82, 2.24) is 9.78 Å². The van der Waals surface area contributed by atoms with Crippen LogP contribution in [0.15, 0.2) is 17.3 Å². The average molecular weight is 246 g/mol. The van der Waals surface area contributed by atoms with E-state index in [9.17, 15) is 13.2 Å². The molecule has 90 valence electrons. The molecule has 1 rings (SSSR count). The van der Waals surface area contributed by atoms with Crippen molar-refractivity contribution in [3.63, 3.8) is 0 Å². The molecule has 2 atom stereocenters. The topological polar surface area (TPSA) is 89.3 Å². The Balaban J connectivity index is 2.99. The molecular weight excluding hydrogens is 232 g/mol. The van der Waals surface area contributed by atoms with E-state index in [0.29, 0.717) is 0 Å². The van der Waals surface area contributed by atoms with Crippen LogP contribution in [-0.4, -0.2) is 35.5 Å². The maximum Gasteiger partial charge on any atom is 0.308 e. The molecule has 0 saturated heterocycles. The van der Waals surface area contributed by atoms with Crippen molar-refractivity contribution >= 4 is 15.8 Å². The predicted molar refractivity (Wildman–Crippen MR) is 56.8 cm³/mol. The number of aromatic nitrogens is 2. The molecule has 0 aliphatic carbocycles. The molecule has 1 aromatic rings. The summed E-state index contributed by atoms with van der Waals surface area (Å²) in [6.07, 6.45) is 3.65. The zero-order valence-corrected chi connectivity index (χ0v) is 10.1. The minimum absolute atomic E-state index is 0.0944. The summed E-state index contributed by atoms with van der Waals surface area (Å²) in [6, 6.07) is -0.395. The molecule has 6 nitrogen and oxygen atoms in total. The van der Waals surface area contributed by atoms with Gasteiger partial charge in [0.05, 0.1) is 18.2 Å². The van der Waals surface area contributed by atoms with E-state index in [1.165, 1.54) is 17.1 Å². The molecule has 0 aliphatic heterocycles. The Hall–Kier alpha value is -1.37. The summed E-state index contributed by atoms with van der Waals surface area (Å²) in [7, 11) is -3.29. The van der Waals surface area contributed by atoms with Gasteiger partial charge in [-0.3, -0.25) is 9.48 Å². The Bertz CT molecular complexity index is 491. The minimum Gasteiger partial charge on any atom is -0.481 e. The van der Waals surface area contributed by atoms with Gasteiger partial charge in [-0.1, -0.05) is 0 Å². The van der Waals surface area contributed by atoms with Crippen LogP contribution in [0.1, 0.15) is 19.9 Å². The Morgan fingerprint density at radius 2 is 2.06 bits per heavy atom. The second kappa shape index (κ2) is 4.25. The Morgan fingerprint density at radius 3 is 2.44 bits per heavy atom. The SMILES string of the molecule is CC(C(=O)O)C(C)n1cc(S(C)(=O)=O)cn1. The lowest BCUT2D eigenvalue weighted by Crippen LogP contribution is -2.21. The van der Waals surface area contributed by atoms with Crippen LogP contribution in [0.5, 0.6) is 0 Å². The van der Waals surface area contributed by atoms with Gasteiger partial charge in [0, 0.05) is 12.5 Å². The van der Waals surface area contributed by atoms with Gasteiger partial charge in [0.1, 0.15) is 4.90 Å². The van der Waals surface area contributed by atoms with E-state index in [4.69, 9.17) is 5.11 Å². The van der Waals surface area contributed by atoms with E-state index in [2.05, 4.69) is 5.10 Å². The highest BCUT2D eigenvalue weighted by Crippen LogP contribution is 2.18. The molecule has 7 heteroatoms. The molecule has 1 heterocycles. The van der Waals surface area contributed by atoms with E-state index in [1.807, 2.05) is 0 Å². The number of nitrogens with zero attached hydrogens (tertiary/aromatic N) is 2. The Labute approximate surface area is 93.8 Å². The number of hydrogen-bond acceptors (Lipinski definition) is 4. The van der Waals surface area contributed by atoms with Crippen molar-refractivity contribution in [2.24, 2.45) is 5.92 Å². The van der Waals surface area contributed by atoms with E-state index in [1.54, 1.807) is 13.8 Å². The fourth-order valence-electron chi connectivity index (χ4n) is 1.17. The van der Waals surface area contributed by atoms with Crippen LogP contribution in [0.4, 0.5) is 0 Å². The maximum atomic E-state index is 11.2. The summed E-state index contributed by atoms with van der Waals surface area (Å²) in [5.74, 6) is -1.57. The van der Waals surface area contributed by atoms with Crippen molar-refractivity contribution in [2.45, 2.75) is 24.8 Å². The number of carboxylic acid groups (broad SMARTS) is 1. The molecule has 2 unspecified atom stereocenters. The van der Waals surface area contributed by atoms with E-state index in [0.717, 1.165) is 6.26 Å². The number of hydrogen-bond donors (Lipinski definition) is 1. The third kappa shape index (κ3) is 2.60. The smallest absolute Gasteiger partial charge is 0.308 e. The number of carboxylic acids is 1. The molecule has 0 radical (unpaired) electrons. The lowest BCUT2D eigenvalue weighted by atomic mass is 10.1. The normalized spacial score (nSPS) is 15.7. The largest absolute Gasteiger partial charge is 0.481 e. The van der Waals surface area contributed by atoms with Crippen LogP contribution in [0, 0.1) is 5.92 Å². The van der Waals surface area contributed by atoms with Crippen LogP contribution in [0.3, 0.4) is 0 Å². The van der Waals surface area contributed by atoms with Gasteiger partial charge in [-0.05, 0) is 13.8 Å². The zero-order valence-electron chi connectivity index (χ0n) is 9.28. The first-order chi connectivity index (χ1) is 7.23. The highest BCUT2D eigenvalue weighted by Gasteiger charge is 2.22. The van der Waals surface area contributed by atoms with Gasteiger partial charge in [0.2, 0.25) is 0 Å². The average Bonchev–Trinajstić information content (AvgIpc) is 2.63. The fourth-order valence-corrected chi connectivity index (χ4v) is 1.71. The van der Waals surface area contributed by atoms with Crippen molar-refractivity contribution < 1.29 is 18.3 Å². The lowest BCUT2D eigenvalue weighted by Gasteiger charge is -2.15. The van der Waals surface area contributed by atoms with Crippen molar-refractivity contribution in [1.29, 1.82) is 0 Å². The van der Waals surface area contributed by atoms with Crippen LogP contribution in [0.25, 0.3) is 0 Å². The second-order valence-corrected chi connectivity index (χ2v) is 5.81. The molecule has 0 fully saturated rings. The van der Waals surface area contributed by atoms with Crippen LogP contribution < -0.4 is 0 Å². The summed E-state index contributed by atoms with van der Waals surface area (Å²) >= 11 is 0. The van der Waals surface area contributed by atoms with E-state index < -0.39 is 27.8 Å². The molecule has 1 N–H and O–H groups in total. The maximum absolute atomic E-state index is 11.2. The van der Waals surface area contributed by atoms with Gasteiger partial charge in [-0.25, -0.2) is 8.42 Å². The minimum atomic E-state index is -3.29. The zero-order chi connectivity index (χ0) is 12.5.